The molecule has 0 aromatic carbocycles. The normalized spacial score (nSPS) is 19.4. The number of Topliss-reactive ketones (excluding diaryl/α,β-unsaturated/α-hetero) is 1. The van der Waals surface area contributed by atoms with Gasteiger partial charge in [0.2, 0.25) is 0 Å². The van der Waals surface area contributed by atoms with Gasteiger partial charge in [0.25, 0.3) is 0 Å². The van der Waals surface area contributed by atoms with E-state index in [0.29, 0.717) is 6.42 Å². The van der Waals surface area contributed by atoms with Crippen LogP contribution in [0.25, 0.3) is 10.6 Å². The minimum Gasteiger partial charge on any atom is -0.352 e. The molecule has 0 radical (unpaired) electrons. The second-order valence-electron chi connectivity index (χ2n) is 5.47. The van der Waals surface area contributed by atoms with E-state index < -0.39 is 0 Å². The van der Waals surface area contributed by atoms with Gasteiger partial charge in [0.1, 0.15) is 0 Å². The molecular formula is C17H14BrNOS. The highest BCUT2D eigenvalue weighted by molar-refractivity contribution is 9.15. The first kappa shape index (κ1) is 13.3. The number of rotatable bonds is 1. The number of aromatic amines is 1. The van der Waals surface area contributed by atoms with Gasteiger partial charge in [0.15, 0.2) is 5.78 Å². The van der Waals surface area contributed by atoms with Crippen molar-refractivity contribution in [2.24, 2.45) is 0 Å². The first-order valence-corrected chi connectivity index (χ1v) is 8.79. The van der Waals surface area contributed by atoms with Gasteiger partial charge < -0.3 is 4.98 Å². The van der Waals surface area contributed by atoms with Crippen molar-refractivity contribution in [2.75, 3.05) is 0 Å². The molecule has 0 bridgehead atoms. The summed E-state index contributed by atoms with van der Waals surface area (Å²) in [5, 5.41) is 2.09. The molecule has 2 aliphatic carbocycles. The number of halogens is 1. The fraction of sp³-hybridized carbons (Fsp3) is 0.235. The lowest BCUT2D eigenvalue weighted by Gasteiger charge is -2.15. The Balaban J connectivity index is 1.79. The Bertz CT molecular complexity index is 780. The minimum absolute atomic E-state index is 0.266. The number of carbonyl (C=O) groups is 1. The molecule has 2 aromatic rings. The van der Waals surface area contributed by atoms with E-state index in [1.165, 1.54) is 21.6 Å². The number of carbonyl (C=O) groups excluding carboxylic acids is 1. The Kier molecular flexibility index (Phi) is 3.23. The Labute approximate surface area is 135 Å². The summed E-state index contributed by atoms with van der Waals surface area (Å²) in [6.45, 7) is 0. The number of ketones is 1. The molecule has 0 unspecified atom stereocenters. The van der Waals surface area contributed by atoms with Gasteiger partial charge in [-0.25, -0.2) is 0 Å². The summed E-state index contributed by atoms with van der Waals surface area (Å²) >= 11 is 5.47. The summed E-state index contributed by atoms with van der Waals surface area (Å²) in [5.41, 5.74) is 5.80. The van der Waals surface area contributed by atoms with Gasteiger partial charge in [-0.2, -0.15) is 0 Å². The molecule has 2 aromatic heterocycles. The molecule has 0 atom stereocenters. The van der Waals surface area contributed by atoms with E-state index in [-0.39, 0.29) is 5.78 Å². The third-order valence-electron chi connectivity index (χ3n) is 4.20. The lowest BCUT2D eigenvalue weighted by Crippen LogP contribution is -2.10. The summed E-state index contributed by atoms with van der Waals surface area (Å²) in [4.78, 5) is 16.6. The predicted molar refractivity (Wildman–Crippen MR) is 91.0 cm³/mol. The predicted octanol–water partition coefficient (Wildman–Crippen LogP) is 4.97. The topological polar surface area (TPSA) is 32.9 Å². The Morgan fingerprint density at radius 2 is 2.14 bits per heavy atom. The maximum Gasteiger partial charge on any atom is 0.179 e. The number of fused-ring (bicyclic) bond motifs is 3. The molecule has 4 rings (SSSR count). The number of allylic oxidation sites excluding steroid dienone is 2. The Morgan fingerprint density at radius 3 is 2.95 bits per heavy atom. The van der Waals surface area contributed by atoms with Crippen molar-refractivity contribution in [2.45, 2.75) is 25.7 Å². The van der Waals surface area contributed by atoms with Crippen LogP contribution in [-0.2, 0) is 12.8 Å². The fourth-order valence-electron chi connectivity index (χ4n) is 3.15. The molecule has 2 nitrogen and oxygen atoms in total. The second kappa shape index (κ2) is 5.11. The SMILES string of the molecule is O=C1CCCc2c1[nH]c1c2CC(=C(Br)c2cccs2)C=C1. The van der Waals surface area contributed by atoms with Crippen molar-refractivity contribution < 1.29 is 4.79 Å². The molecule has 0 aliphatic heterocycles. The van der Waals surface area contributed by atoms with E-state index in [1.54, 1.807) is 11.3 Å². The minimum atomic E-state index is 0.266. The van der Waals surface area contributed by atoms with Crippen LogP contribution in [0.4, 0.5) is 0 Å². The van der Waals surface area contributed by atoms with Gasteiger partial charge in [0.05, 0.1) is 5.69 Å². The molecule has 21 heavy (non-hydrogen) atoms. The molecular weight excluding hydrogens is 346 g/mol. The van der Waals surface area contributed by atoms with Crippen LogP contribution in [0.5, 0.6) is 0 Å². The van der Waals surface area contributed by atoms with Gasteiger partial charge >= 0.3 is 0 Å². The summed E-state index contributed by atoms with van der Waals surface area (Å²) in [5.74, 6) is 0.266. The van der Waals surface area contributed by atoms with Gasteiger partial charge in [-0.05, 0) is 63.0 Å². The van der Waals surface area contributed by atoms with Gasteiger partial charge in [0, 0.05) is 27.9 Å². The first-order valence-electron chi connectivity index (χ1n) is 7.11. The molecule has 0 spiro atoms. The second-order valence-corrected chi connectivity index (χ2v) is 7.21. The molecule has 1 N–H and O–H groups in total. The quantitative estimate of drug-likeness (QED) is 0.765. The zero-order chi connectivity index (χ0) is 14.4. The third kappa shape index (κ3) is 2.17. The molecule has 0 saturated heterocycles. The lowest BCUT2D eigenvalue weighted by atomic mass is 9.89. The molecule has 0 saturated carbocycles. The number of thiophene rings is 1. The number of nitrogens with one attached hydrogen (secondary N) is 1. The van der Waals surface area contributed by atoms with Crippen LogP contribution in [0.15, 0.2) is 29.2 Å². The molecule has 4 heteroatoms. The van der Waals surface area contributed by atoms with E-state index in [0.717, 1.165) is 35.1 Å². The van der Waals surface area contributed by atoms with E-state index in [2.05, 4.69) is 50.6 Å². The number of H-pyrrole nitrogens is 1. The van der Waals surface area contributed by atoms with E-state index in [1.807, 2.05) is 0 Å². The third-order valence-corrected chi connectivity index (χ3v) is 6.28. The fourth-order valence-corrected chi connectivity index (χ4v) is 4.53. The Morgan fingerprint density at radius 1 is 1.24 bits per heavy atom. The van der Waals surface area contributed by atoms with Gasteiger partial charge in [-0.15, -0.1) is 11.3 Å². The molecule has 2 aliphatic rings. The maximum atomic E-state index is 12.0. The van der Waals surface area contributed by atoms with Gasteiger partial charge in [-0.3, -0.25) is 4.79 Å². The molecule has 0 fully saturated rings. The monoisotopic (exact) mass is 359 g/mol. The van der Waals surface area contributed by atoms with Gasteiger partial charge in [-0.1, -0.05) is 12.1 Å². The zero-order valence-corrected chi connectivity index (χ0v) is 13.8. The standard InChI is InChI=1S/C17H14BrNOS/c18-16(15-5-2-8-21-15)10-6-7-13-12(9-10)11-3-1-4-14(20)17(11)19-13/h2,5-8,19H,1,3-4,9H2. The van der Waals surface area contributed by atoms with E-state index in [4.69, 9.17) is 0 Å². The van der Waals surface area contributed by atoms with Crippen LogP contribution in [0.1, 0.15) is 45.0 Å². The van der Waals surface area contributed by atoms with Crippen LogP contribution in [0.3, 0.4) is 0 Å². The van der Waals surface area contributed by atoms with Crippen molar-refractivity contribution in [3.05, 3.63) is 56.6 Å². The van der Waals surface area contributed by atoms with E-state index >= 15 is 0 Å². The largest absolute Gasteiger partial charge is 0.352 e. The van der Waals surface area contributed by atoms with Crippen molar-refractivity contribution in [3.8, 4) is 0 Å². The van der Waals surface area contributed by atoms with Crippen molar-refractivity contribution in [3.63, 3.8) is 0 Å². The average Bonchev–Trinajstić information content (AvgIpc) is 3.14. The molecule has 0 amide bonds. The summed E-state index contributed by atoms with van der Waals surface area (Å²) in [7, 11) is 0. The smallest absolute Gasteiger partial charge is 0.179 e. The number of hydrogen-bond donors (Lipinski definition) is 1. The highest BCUT2D eigenvalue weighted by atomic mass is 79.9. The lowest BCUT2D eigenvalue weighted by molar-refractivity contribution is 0.0968. The summed E-state index contributed by atoms with van der Waals surface area (Å²) in [6.07, 6.45) is 7.82. The van der Waals surface area contributed by atoms with Crippen molar-refractivity contribution >= 4 is 43.6 Å². The van der Waals surface area contributed by atoms with Crippen LogP contribution < -0.4 is 0 Å². The summed E-state index contributed by atoms with van der Waals surface area (Å²) < 4.78 is 1.16. The van der Waals surface area contributed by atoms with Crippen LogP contribution in [0, 0.1) is 0 Å². The highest BCUT2D eigenvalue weighted by Gasteiger charge is 2.26. The number of aromatic nitrogens is 1. The van der Waals surface area contributed by atoms with Crippen molar-refractivity contribution in [1.82, 2.24) is 4.98 Å². The average molecular weight is 360 g/mol. The van der Waals surface area contributed by atoms with Crippen molar-refractivity contribution in [1.29, 1.82) is 0 Å². The first-order chi connectivity index (χ1) is 10.2. The zero-order valence-electron chi connectivity index (χ0n) is 11.4. The number of hydrogen-bond acceptors (Lipinski definition) is 2. The molecule has 106 valence electrons. The maximum absolute atomic E-state index is 12.0. The molecule has 2 heterocycles. The highest BCUT2D eigenvalue weighted by Crippen LogP contribution is 2.37. The Hall–Kier alpha value is -1.39. The van der Waals surface area contributed by atoms with Crippen LogP contribution in [-0.4, -0.2) is 10.8 Å². The van der Waals surface area contributed by atoms with Crippen LogP contribution in [0.2, 0.25) is 0 Å². The summed E-state index contributed by atoms with van der Waals surface area (Å²) in [6, 6.07) is 4.19. The van der Waals surface area contributed by atoms with E-state index in [9.17, 15) is 4.79 Å². The van der Waals surface area contributed by atoms with Crippen LogP contribution >= 0.6 is 27.3 Å².